The normalized spacial score (nSPS) is 18.3. The van der Waals surface area contributed by atoms with E-state index in [4.69, 9.17) is 14.9 Å². The van der Waals surface area contributed by atoms with Crippen molar-refractivity contribution in [1.82, 2.24) is 10.2 Å². The summed E-state index contributed by atoms with van der Waals surface area (Å²) >= 11 is 0. The molecule has 1 saturated heterocycles. The summed E-state index contributed by atoms with van der Waals surface area (Å²) in [5.41, 5.74) is 1.29. The smallest absolute Gasteiger partial charge is 0.119 e. The first kappa shape index (κ1) is 17.2. The number of aliphatic hydroxyl groups excluding tert-OH is 2. The highest BCUT2D eigenvalue weighted by molar-refractivity contribution is 5.29. The molecule has 5 nitrogen and oxygen atoms in total. The number of likely N-dealkylation sites (tertiary alicyclic amines) is 1. The van der Waals surface area contributed by atoms with Gasteiger partial charge in [0.1, 0.15) is 5.75 Å². The van der Waals surface area contributed by atoms with Crippen LogP contribution < -0.4 is 10.1 Å². The van der Waals surface area contributed by atoms with Crippen LogP contribution in [0.25, 0.3) is 0 Å². The van der Waals surface area contributed by atoms with Gasteiger partial charge in [-0.3, -0.25) is 10.2 Å². The van der Waals surface area contributed by atoms with Crippen molar-refractivity contribution in [3.8, 4) is 5.75 Å². The Morgan fingerprint density at radius 2 is 1.91 bits per heavy atom. The lowest BCUT2D eigenvalue weighted by Gasteiger charge is -2.36. The molecule has 0 amide bonds. The lowest BCUT2D eigenvalue weighted by molar-refractivity contribution is 0.136. The zero-order valence-electron chi connectivity index (χ0n) is 13.4. The highest BCUT2D eigenvalue weighted by Crippen LogP contribution is 2.25. The van der Waals surface area contributed by atoms with Crippen LogP contribution in [0.2, 0.25) is 0 Å². The molecular weight excluding hydrogens is 280 g/mol. The zero-order chi connectivity index (χ0) is 15.8. The third kappa shape index (κ3) is 4.95. The van der Waals surface area contributed by atoms with Crippen molar-refractivity contribution in [2.45, 2.75) is 38.3 Å². The summed E-state index contributed by atoms with van der Waals surface area (Å²) in [5.74, 6) is 0.857. The molecule has 124 valence electrons. The molecule has 1 aromatic carbocycles. The van der Waals surface area contributed by atoms with Crippen LogP contribution in [0, 0.1) is 0 Å². The van der Waals surface area contributed by atoms with Crippen LogP contribution >= 0.6 is 0 Å². The summed E-state index contributed by atoms with van der Waals surface area (Å²) in [6.45, 7) is 5.12. The highest BCUT2D eigenvalue weighted by Gasteiger charge is 2.23. The Hall–Kier alpha value is -1.14. The third-order valence-electron chi connectivity index (χ3n) is 4.39. The summed E-state index contributed by atoms with van der Waals surface area (Å²) in [7, 11) is 0. The van der Waals surface area contributed by atoms with E-state index in [-0.39, 0.29) is 13.3 Å². The molecule has 5 heteroatoms. The molecule has 0 saturated carbocycles. The summed E-state index contributed by atoms with van der Waals surface area (Å²) in [5, 5.41) is 20.8. The van der Waals surface area contributed by atoms with E-state index in [2.05, 4.69) is 29.3 Å². The number of hydrogen-bond donors (Lipinski definition) is 3. The van der Waals surface area contributed by atoms with Crippen LogP contribution in [-0.4, -0.2) is 54.2 Å². The van der Waals surface area contributed by atoms with Crippen molar-refractivity contribution in [3.63, 3.8) is 0 Å². The van der Waals surface area contributed by atoms with E-state index in [1.807, 2.05) is 12.1 Å². The maximum Gasteiger partial charge on any atom is 0.119 e. The lowest BCUT2D eigenvalue weighted by Crippen LogP contribution is -2.43. The van der Waals surface area contributed by atoms with Crippen molar-refractivity contribution in [3.05, 3.63) is 29.8 Å². The van der Waals surface area contributed by atoms with Crippen LogP contribution in [0.4, 0.5) is 0 Å². The molecule has 0 aliphatic carbocycles. The minimum Gasteiger partial charge on any atom is -0.494 e. The quantitative estimate of drug-likeness (QED) is 0.502. The second kappa shape index (κ2) is 9.10. The molecule has 0 radical (unpaired) electrons. The number of hydrogen-bond acceptors (Lipinski definition) is 5. The Labute approximate surface area is 132 Å². The number of benzene rings is 1. The van der Waals surface area contributed by atoms with Gasteiger partial charge >= 0.3 is 0 Å². The Bertz CT molecular complexity index is 416. The van der Waals surface area contributed by atoms with Gasteiger partial charge in [0.25, 0.3) is 0 Å². The summed E-state index contributed by atoms with van der Waals surface area (Å²) in [6.07, 6.45) is 2.81. The monoisotopic (exact) mass is 308 g/mol. The molecular formula is C17H28N2O3. The van der Waals surface area contributed by atoms with Gasteiger partial charge in [-0.15, -0.1) is 0 Å². The Balaban J connectivity index is 1.83. The van der Waals surface area contributed by atoms with E-state index in [9.17, 15) is 0 Å². The summed E-state index contributed by atoms with van der Waals surface area (Å²) in [6, 6.07) is 9.08. The topological polar surface area (TPSA) is 65.0 Å². The van der Waals surface area contributed by atoms with E-state index in [0.717, 1.165) is 31.7 Å². The number of nitrogens with zero attached hydrogens (tertiary/aromatic N) is 1. The minimum atomic E-state index is 0.0674. The molecule has 0 aromatic heterocycles. The Kier molecular flexibility index (Phi) is 7.12. The molecule has 1 aliphatic rings. The fourth-order valence-corrected chi connectivity index (χ4v) is 2.93. The van der Waals surface area contributed by atoms with Crippen molar-refractivity contribution in [2.24, 2.45) is 0 Å². The van der Waals surface area contributed by atoms with Gasteiger partial charge in [-0.1, -0.05) is 12.1 Å². The molecule has 22 heavy (non-hydrogen) atoms. The van der Waals surface area contributed by atoms with Gasteiger partial charge in [-0.2, -0.15) is 0 Å². The number of rotatable bonds is 8. The van der Waals surface area contributed by atoms with Gasteiger partial charge in [-0.25, -0.2) is 0 Å². The summed E-state index contributed by atoms with van der Waals surface area (Å²) < 4.78 is 5.56. The Morgan fingerprint density at radius 3 is 2.50 bits per heavy atom. The molecule has 0 spiro atoms. The molecule has 0 bridgehead atoms. The molecule has 2 rings (SSSR count). The van der Waals surface area contributed by atoms with Crippen molar-refractivity contribution < 1.29 is 14.9 Å². The van der Waals surface area contributed by atoms with Gasteiger partial charge in [0.05, 0.1) is 13.3 Å². The standard InChI is InChI=1S/C17H28N2O3/c1-14(19-9-7-16(8-10-19)18-13-21)15-3-5-17(6-4-15)22-12-2-11-20/h3-6,14,16,18,20-21H,2,7-13H2,1H3. The number of aliphatic hydroxyl groups is 2. The average Bonchev–Trinajstić information content (AvgIpc) is 2.56. The van der Waals surface area contributed by atoms with Gasteiger partial charge < -0.3 is 14.9 Å². The predicted molar refractivity (Wildman–Crippen MR) is 86.9 cm³/mol. The van der Waals surface area contributed by atoms with Crippen molar-refractivity contribution in [2.75, 3.05) is 33.0 Å². The average molecular weight is 308 g/mol. The highest BCUT2D eigenvalue weighted by atomic mass is 16.5. The second-order valence-electron chi connectivity index (χ2n) is 5.84. The van der Waals surface area contributed by atoms with Gasteiger partial charge in [-0.05, 0) is 37.5 Å². The first-order valence-corrected chi connectivity index (χ1v) is 8.16. The lowest BCUT2D eigenvalue weighted by atomic mass is 10.0. The molecule has 1 aromatic rings. The maximum atomic E-state index is 8.92. The van der Waals surface area contributed by atoms with Crippen molar-refractivity contribution in [1.29, 1.82) is 0 Å². The fraction of sp³-hybridized carbons (Fsp3) is 0.647. The largest absolute Gasteiger partial charge is 0.494 e. The molecule has 1 heterocycles. The third-order valence-corrected chi connectivity index (χ3v) is 4.39. The van der Waals surface area contributed by atoms with E-state index in [1.165, 1.54) is 5.56 Å². The minimum absolute atomic E-state index is 0.0674. The molecule has 1 atom stereocenters. The van der Waals surface area contributed by atoms with E-state index in [0.29, 0.717) is 25.1 Å². The van der Waals surface area contributed by atoms with Gasteiger partial charge in [0, 0.05) is 38.2 Å². The molecule has 3 N–H and O–H groups in total. The van der Waals surface area contributed by atoms with Crippen LogP contribution in [0.15, 0.2) is 24.3 Å². The van der Waals surface area contributed by atoms with Crippen molar-refractivity contribution >= 4 is 0 Å². The first-order chi connectivity index (χ1) is 10.7. The van der Waals surface area contributed by atoms with Gasteiger partial charge in [0.15, 0.2) is 0 Å². The van der Waals surface area contributed by atoms with E-state index in [1.54, 1.807) is 0 Å². The van der Waals surface area contributed by atoms with Gasteiger partial charge in [0.2, 0.25) is 0 Å². The number of piperidine rings is 1. The van der Waals surface area contributed by atoms with Crippen LogP contribution in [0.5, 0.6) is 5.75 Å². The van der Waals surface area contributed by atoms with E-state index < -0.39 is 0 Å². The molecule has 1 aliphatic heterocycles. The van der Waals surface area contributed by atoms with Crippen LogP contribution in [0.3, 0.4) is 0 Å². The molecule has 1 unspecified atom stereocenters. The molecule has 1 fully saturated rings. The van der Waals surface area contributed by atoms with E-state index >= 15 is 0 Å². The van der Waals surface area contributed by atoms with Crippen LogP contribution in [-0.2, 0) is 0 Å². The number of nitrogens with one attached hydrogen (secondary N) is 1. The first-order valence-electron chi connectivity index (χ1n) is 8.16. The predicted octanol–water partition coefficient (Wildman–Crippen LogP) is 1.51. The SMILES string of the molecule is CC(c1ccc(OCCCO)cc1)N1CCC(NCO)CC1. The second-order valence-corrected chi connectivity index (χ2v) is 5.84. The fourth-order valence-electron chi connectivity index (χ4n) is 2.93. The number of ether oxygens (including phenoxy) is 1. The van der Waals surface area contributed by atoms with Crippen LogP contribution in [0.1, 0.15) is 37.8 Å². The maximum absolute atomic E-state index is 8.92. The Morgan fingerprint density at radius 1 is 1.23 bits per heavy atom. The summed E-state index contributed by atoms with van der Waals surface area (Å²) in [4.78, 5) is 2.48. The zero-order valence-corrected chi connectivity index (χ0v) is 13.4.